The standard InChI is InChI=1S/C14H22N2O3S/c1-11(2)15-10-12-5-6-13(16(17)18)14(9-12)19-7-4-8-20-3/h5-6,9,11,15H,4,7-8,10H2,1-3H3. The van der Waals surface area contributed by atoms with Gasteiger partial charge in [0.2, 0.25) is 0 Å². The van der Waals surface area contributed by atoms with Crippen LogP contribution in [-0.2, 0) is 6.54 Å². The number of ether oxygens (including phenoxy) is 1. The molecule has 1 aromatic rings. The second-order valence-corrected chi connectivity index (χ2v) is 5.78. The molecule has 0 saturated carbocycles. The number of rotatable bonds is 9. The monoisotopic (exact) mass is 298 g/mol. The Morgan fingerprint density at radius 3 is 2.80 bits per heavy atom. The average molecular weight is 298 g/mol. The Hall–Kier alpha value is -1.27. The van der Waals surface area contributed by atoms with Gasteiger partial charge in [-0.2, -0.15) is 11.8 Å². The highest BCUT2D eigenvalue weighted by Gasteiger charge is 2.15. The molecule has 0 atom stereocenters. The predicted octanol–water partition coefficient (Wildman–Crippen LogP) is 3.22. The topological polar surface area (TPSA) is 64.4 Å². The molecule has 0 bridgehead atoms. The van der Waals surface area contributed by atoms with Crippen LogP contribution in [0.15, 0.2) is 18.2 Å². The van der Waals surface area contributed by atoms with Crippen LogP contribution < -0.4 is 10.1 Å². The van der Waals surface area contributed by atoms with Gasteiger partial charge in [0.05, 0.1) is 11.5 Å². The van der Waals surface area contributed by atoms with Crippen molar-refractivity contribution in [2.24, 2.45) is 0 Å². The van der Waals surface area contributed by atoms with Crippen molar-refractivity contribution < 1.29 is 9.66 Å². The SMILES string of the molecule is CSCCCOc1cc(CNC(C)C)ccc1[N+](=O)[O-]. The Morgan fingerprint density at radius 1 is 1.45 bits per heavy atom. The van der Waals surface area contributed by atoms with Crippen LogP contribution in [0.1, 0.15) is 25.8 Å². The van der Waals surface area contributed by atoms with Crippen LogP contribution in [0.25, 0.3) is 0 Å². The van der Waals surface area contributed by atoms with Crippen LogP contribution in [0.2, 0.25) is 0 Å². The molecule has 0 heterocycles. The summed E-state index contributed by atoms with van der Waals surface area (Å²) in [4.78, 5) is 10.6. The number of thioether (sulfide) groups is 1. The lowest BCUT2D eigenvalue weighted by Gasteiger charge is -2.11. The molecule has 0 aliphatic carbocycles. The summed E-state index contributed by atoms with van der Waals surface area (Å²) in [6.45, 7) is 5.30. The van der Waals surface area contributed by atoms with Gasteiger partial charge in [-0.25, -0.2) is 0 Å². The molecule has 0 amide bonds. The highest BCUT2D eigenvalue weighted by molar-refractivity contribution is 7.98. The molecular formula is C14H22N2O3S. The van der Waals surface area contributed by atoms with Crippen molar-refractivity contribution in [2.75, 3.05) is 18.6 Å². The summed E-state index contributed by atoms with van der Waals surface area (Å²) in [5.74, 6) is 1.35. The highest BCUT2D eigenvalue weighted by Crippen LogP contribution is 2.28. The van der Waals surface area contributed by atoms with Crippen molar-refractivity contribution in [3.8, 4) is 5.75 Å². The van der Waals surface area contributed by atoms with Gasteiger partial charge in [0.1, 0.15) is 0 Å². The maximum Gasteiger partial charge on any atom is 0.310 e. The van der Waals surface area contributed by atoms with Gasteiger partial charge >= 0.3 is 5.69 Å². The number of nitro benzene ring substituents is 1. The summed E-state index contributed by atoms with van der Waals surface area (Å²) in [7, 11) is 0. The minimum Gasteiger partial charge on any atom is -0.487 e. The van der Waals surface area contributed by atoms with Crippen molar-refractivity contribution in [1.82, 2.24) is 5.32 Å². The van der Waals surface area contributed by atoms with Gasteiger partial charge in [-0.15, -0.1) is 0 Å². The fourth-order valence-electron chi connectivity index (χ4n) is 1.64. The molecule has 0 aliphatic heterocycles. The number of hydrogen-bond donors (Lipinski definition) is 1. The zero-order chi connectivity index (χ0) is 15.0. The number of hydrogen-bond acceptors (Lipinski definition) is 5. The predicted molar refractivity (Wildman–Crippen MR) is 83.6 cm³/mol. The molecule has 5 nitrogen and oxygen atoms in total. The van der Waals surface area contributed by atoms with E-state index in [1.807, 2.05) is 6.26 Å². The Bertz CT molecular complexity index is 438. The summed E-state index contributed by atoms with van der Waals surface area (Å²) in [6, 6.07) is 5.41. The van der Waals surface area contributed by atoms with Gasteiger partial charge < -0.3 is 10.1 Å². The summed E-state index contributed by atoms with van der Waals surface area (Å²) in [5.41, 5.74) is 1.02. The minimum absolute atomic E-state index is 0.0300. The third-order valence-corrected chi connectivity index (χ3v) is 3.38. The van der Waals surface area contributed by atoms with Crippen molar-refractivity contribution >= 4 is 17.4 Å². The molecule has 20 heavy (non-hydrogen) atoms. The Labute approximate surface area is 124 Å². The maximum atomic E-state index is 11.0. The summed E-state index contributed by atoms with van der Waals surface area (Å²) >= 11 is 1.74. The van der Waals surface area contributed by atoms with Gasteiger partial charge in [0.25, 0.3) is 0 Å². The molecule has 1 rings (SSSR count). The van der Waals surface area contributed by atoms with Crippen molar-refractivity contribution in [1.29, 1.82) is 0 Å². The molecule has 6 heteroatoms. The molecule has 0 radical (unpaired) electrons. The zero-order valence-electron chi connectivity index (χ0n) is 12.2. The van der Waals surface area contributed by atoms with Crippen molar-refractivity contribution in [2.45, 2.75) is 32.9 Å². The van der Waals surface area contributed by atoms with E-state index in [-0.39, 0.29) is 5.69 Å². The molecule has 0 aliphatic rings. The first-order valence-corrected chi connectivity index (χ1v) is 8.06. The van der Waals surface area contributed by atoms with E-state index in [2.05, 4.69) is 19.2 Å². The van der Waals surface area contributed by atoms with Crippen LogP contribution >= 0.6 is 11.8 Å². The first-order chi connectivity index (χ1) is 9.54. The minimum atomic E-state index is -0.399. The van der Waals surface area contributed by atoms with E-state index >= 15 is 0 Å². The molecule has 0 fully saturated rings. The highest BCUT2D eigenvalue weighted by atomic mass is 32.2. The molecule has 0 saturated heterocycles. The second-order valence-electron chi connectivity index (χ2n) is 4.79. The fourth-order valence-corrected chi connectivity index (χ4v) is 2.05. The molecule has 0 aromatic heterocycles. The van der Waals surface area contributed by atoms with Crippen LogP contribution in [0.5, 0.6) is 5.75 Å². The van der Waals surface area contributed by atoms with E-state index in [0.29, 0.717) is 24.9 Å². The molecule has 1 aromatic carbocycles. The van der Waals surface area contributed by atoms with E-state index in [1.165, 1.54) is 6.07 Å². The van der Waals surface area contributed by atoms with Crippen molar-refractivity contribution in [3.05, 3.63) is 33.9 Å². The molecular weight excluding hydrogens is 276 g/mol. The Morgan fingerprint density at radius 2 is 2.20 bits per heavy atom. The summed E-state index contributed by atoms with van der Waals surface area (Å²) in [6.07, 6.45) is 2.91. The maximum absolute atomic E-state index is 11.0. The lowest BCUT2D eigenvalue weighted by molar-refractivity contribution is -0.385. The molecule has 1 N–H and O–H groups in total. The first-order valence-electron chi connectivity index (χ1n) is 6.67. The smallest absolute Gasteiger partial charge is 0.310 e. The van der Waals surface area contributed by atoms with Crippen molar-refractivity contribution in [3.63, 3.8) is 0 Å². The molecule has 112 valence electrons. The van der Waals surface area contributed by atoms with E-state index in [4.69, 9.17) is 4.74 Å². The van der Waals surface area contributed by atoms with Gasteiger partial charge in [-0.3, -0.25) is 10.1 Å². The van der Waals surface area contributed by atoms with Crippen LogP contribution in [-0.4, -0.2) is 29.6 Å². The third kappa shape index (κ3) is 5.79. The number of nitro groups is 1. The van der Waals surface area contributed by atoms with Gasteiger partial charge in [-0.1, -0.05) is 19.9 Å². The van der Waals surface area contributed by atoms with Crippen LogP contribution in [0, 0.1) is 10.1 Å². The van der Waals surface area contributed by atoms with Gasteiger partial charge in [0.15, 0.2) is 5.75 Å². The Balaban J connectivity index is 2.74. The van der Waals surface area contributed by atoms with Crippen LogP contribution in [0.3, 0.4) is 0 Å². The Kier molecular flexibility index (Phi) is 7.40. The molecule has 0 spiro atoms. The summed E-state index contributed by atoms with van der Waals surface area (Å²) in [5, 5.41) is 14.3. The number of nitrogens with zero attached hydrogens (tertiary/aromatic N) is 1. The van der Waals surface area contributed by atoms with Gasteiger partial charge in [-0.05, 0) is 30.1 Å². The zero-order valence-corrected chi connectivity index (χ0v) is 13.0. The lowest BCUT2D eigenvalue weighted by Crippen LogP contribution is -2.21. The largest absolute Gasteiger partial charge is 0.487 e. The van der Waals surface area contributed by atoms with Gasteiger partial charge in [0, 0.05) is 18.7 Å². The first kappa shape index (κ1) is 16.8. The third-order valence-electron chi connectivity index (χ3n) is 2.69. The quantitative estimate of drug-likeness (QED) is 0.431. The lowest BCUT2D eigenvalue weighted by atomic mass is 10.2. The average Bonchev–Trinajstić information content (AvgIpc) is 2.41. The van der Waals surface area contributed by atoms with Crippen LogP contribution in [0.4, 0.5) is 5.69 Å². The summed E-state index contributed by atoms with van der Waals surface area (Å²) < 4.78 is 5.57. The van der Waals surface area contributed by atoms with E-state index in [1.54, 1.807) is 23.9 Å². The number of benzene rings is 1. The number of nitrogens with one attached hydrogen (secondary N) is 1. The van der Waals surface area contributed by atoms with E-state index < -0.39 is 4.92 Å². The fraction of sp³-hybridized carbons (Fsp3) is 0.571. The second kappa shape index (κ2) is 8.81. The van der Waals surface area contributed by atoms with E-state index in [0.717, 1.165) is 17.7 Å². The normalized spacial score (nSPS) is 10.8. The van der Waals surface area contributed by atoms with E-state index in [9.17, 15) is 10.1 Å². The molecule has 0 unspecified atom stereocenters.